The van der Waals surface area contributed by atoms with E-state index in [1.807, 2.05) is 12.1 Å². The number of nitrogens with one attached hydrogen (secondary N) is 2. The number of hydrogen-bond donors (Lipinski definition) is 4. The van der Waals surface area contributed by atoms with Gasteiger partial charge in [0.2, 0.25) is 5.91 Å². The van der Waals surface area contributed by atoms with E-state index in [-0.39, 0.29) is 30.7 Å². The third-order valence-electron chi connectivity index (χ3n) is 5.92. The first-order chi connectivity index (χ1) is 15.5. The Morgan fingerprint density at radius 1 is 1.06 bits per heavy atom. The molecule has 34 heavy (non-hydrogen) atoms. The largest absolute Gasteiger partial charge is 0.393 e. The number of anilines is 2. The first-order valence-electron chi connectivity index (χ1n) is 10.5. The fourth-order valence-electron chi connectivity index (χ4n) is 4.13. The van der Waals surface area contributed by atoms with E-state index >= 15 is 0 Å². The molecule has 5 N–H and O–H groups in total. The van der Waals surface area contributed by atoms with Crippen LogP contribution in [0.15, 0.2) is 67.1 Å². The maximum Gasteiger partial charge on any atom is 0.259 e. The minimum absolute atomic E-state index is 0. The quantitative estimate of drug-likeness (QED) is 0.390. The summed E-state index contributed by atoms with van der Waals surface area (Å²) in [5, 5.41) is 16.0. The highest BCUT2D eigenvalue weighted by atomic mass is 35.5. The molecule has 0 bridgehead atoms. The maximum absolute atomic E-state index is 12.9. The molecule has 0 radical (unpaired) electrons. The Morgan fingerprint density at radius 2 is 1.76 bits per heavy atom. The molecule has 1 fully saturated rings. The highest BCUT2D eigenvalue weighted by Gasteiger charge is 2.44. The van der Waals surface area contributed by atoms with Gasteiger partial charge in [-0.25, -0.2) is 4.98 Å². The van der Waals surface area contributed by atoms with Crippen molar-refractivity contribution in [1.29, 1.82) is 0 Å². The Bertz CT molecular complexity index is 1120. The molecule has 8 nitrogen and oxygen atoms in total. The zero-order chi connectivity index (χ0) is 22.6. The number of primary amides is 1. The molecule has 0 spiro atoms. The summed E-state index contributed by atoms with van der Waals surface area (Å²) in [5.74, 6) is -0.263. The van der Waals surface area contributed by atoms with Gasteiger partial charge in [-0.05, 0) is 66.8 Å². The summed E-state index contributed by atoms with van der Waals surface area (Å²) in [7, 11) is 0. The average Bonchev–Trinajstić information content (AvgIpc) is 3.22. The van der Waals surface area contributed by atoms with E-state index in [0.717, 1.165) is 11.1 Å². The Hall–Kier alpha value is -3.20. The fraction of sp³-hybridized carbons (Fsp3) is 0.250. The number of pyridine rings is 2. The summed E-state index contributed by atoms with van der Waals surface area (Å²) in [4.78, 5) is 33.3. The topological polar surface area (TPSA) is 130 Å². The summed E-state index contributed by atoms with van der Waals surface area (Å²) in [5.41, 5.74) is 7.58. The standard InChI is InChI=1S/C24H25N5O3.2ClH/c25-23(32)24(10-7-19(30)14-24)17-3-5-18(6-4-17)29-22(31)20-2-1-11-27-21(20)28-15-16-8-12-26-13-9-16;;/h1-6,8-9,11-13,19,30H,7,10,14-15H2,(H2,25,32)(H,27,28)(H,29,31);2*1H/t19-,24-;;/m0../s1. The van der Waals surface area contributed by atoms with Crippen molar-refractivity contribution in [2.45, 2.75) is 37.3 Å². The predicted molar refractivity (Wildman–Crippen MR) is 135 cm³/mol. The van der Waals surface area contributed by atoms with Gasteiger partial charge in [-0.15, -0.1) is 24.8 Å². The monoisotopic (exact) mass is 503 g/mol. The minimum atomic E-state index is -0.866. The van der Waals surface area contributed by atoms with Crippen molar-refractivity contribution in [2.75, 3.05) is 10.6 Å². The zero-order valence-corrected chi connectivity index (χ0v) is 19.9. The van der Waals surface area contributed by atoms with Crippen LogP contribution in [-0.2, 0) is 16.8 Å². The SMILES string of the molecule is Cl.Cl.NC(=O)[C@@]1(c2ccc(NC(=O)c3cccnc3NCc3ccncc3)cc2)CC[C@H](O)C1. The molecule has 1 aliphatic rings. The molecular weight excluding hydrogens is 477 g/mol. The van der Waals surface area contributed by atoms with Crippen LogP contribution in [0.5, 0.6) is 0 Å². The highest BCUT2D eigenvalue weighted by Crippen LogP contribution is 2.41. The van der Waals surface area contributed by atoms with E-state index in [2.05, 4.69) is 20.6 Å². The number of halogens is 2. The average molecular weight is 504 g/mol. The molecule has 180 valence electrons. The number of benzene rings is 1. The normalized spacial score (nSPS) is 18.8. The summed E-state index contributed by atoms with van der Waals surface area (Å²) < 4.78 is 0. The van der Waals surface area contributed by atoms with Gasteiger partial charge in [-0.2, -0.15) is 0 Å². The number of rotatable bonds is 7. The molecule has 10 heteroatoms. The summed E-state index contributed by atoms with van der Waals surface area (Å²) in [6.07, 6.45) is 5.87. The van der Waals surface area contributed by atoms with Crippen LogP contribution in [0.25, 0.3) is 0 Å². The summed E-state index contributed by atoms with van der Waals surface area (Å²) in [6, 6.07) is 14.2. The van der Waals surface area contributed by atoms with Crippen LogP contribution >= 0.6 is 24.8 Å². The highest BCUT2D eigenvalue weighted by molar-refractivity contribution is 6.07. The number of aliphatic hydroxyl groups is 1. The Morgan fingerprint density at radius 3 is 2.38 bits per heavy atom. The van der Waals surface area contributed by atoms with Crippen molar-refractivity contribution in [3.8, 4) is 0 Å². The van der Waals surface area contributed by atoms with Crippen LogP contribution in [0.2, 0.25) is 0 Å². The number of hydrogen-bond acceptors (Lipinski definition) is 6. The van der Waals surface area contributed by atoms with Gasteiger partial charge in [0.05, 0.1) is 17.1 Å². The van der Waals surface area contributed by atoms with Crippen molar-refractivity contribution in [1.82, 2.24) is 9.97 Å². The lowest BCUT2D eigenvalue weighted by atomic mass is 9.78. The van der Waals surface area contributed by atoms with Crippen LogP contribution in [0.3, 0.4) is 0 Å². The number of nitrogens with two attached hydrogens (primary N) is 1. The fourth-order valence-corrected chi connectivity index (χ4v) is 4.13. The number of nitrogens with zero attached hydrogens (tertiary/aromatic N) is 2. The van der Waals surface area contributed by atoms with Gasteiger partial charge in [0, 0.05) is 30.8 Å². The second-order valence-electron chi connectivity index (χ2n) is 7.98. The van der Waals surface area contributed by atoms with Gasteiger partial charge in [-0.3, -0.25) is 14.6 Å². The van der Waals surface area contributed by atoms with E-state index in [9.17, 15) is 14.7 Å². The van der Waals surface area contributed by atoms with Gasteiger partial charge >= 0.3 is 0 Å². The van der Waals surface area contributed by atoms with Gasteiger partial charge in [0.25, 0.3) is 5.91 Å². The van der Waals surface area contributed by atoms with Crippen molar-refractivity contribution in [3.63, 3.8) is 0 Å². The molecule has 4 rings (SSSR count). The molecule has 3 aromatic rings. The van der Waals surface area contributed by atoms with Gasteiger partial charge < -0.3 is 21.5 Å². The van der Waals surface area contributed by atoms with E-state index in [1.165, 1.54) is 0 Å². The number of aliphatic hydroxyl groups excluding tert-OH is 1. The van der Waals surface area contributed by atoms with Crippen molar-refractivity contribution >= 4 is 48.1 Å². The van der Waals surface area contributed by atoms with Crippen LogP contribution in [0.4, 0.5) is 11.5 Å². The lowest BCUT2D eigenvalue weighted by Gasteiger charge is -2.26. The molecular formula is C24H27Cl2N5O3. The van der Waals surface area contributed by atoms with E-state index < -0.39 is 17.4 Å². The predicted octanol–water partition coefficient (Wildman–Crippen LogP) is 3.45. The van der Waals surface area contributed by atoms with Gasteiger partial charge in [-0.1, -0.05) is 12.1 Å². The lowest BCUT2D eigenvalue weighted by molar-refractivity contribution is -0.123. The second-order valence-corrected chi connectivity index (χ2v) is 7.98. The molecule has 0 saturated heterocycles. The minimum Gasteiger partial charge on any atom is -0.393 e. The molecule has 2 atom stereocenters. The Balaban J connectivity index is 0.00000204. The Labute approximate surface area is 210 Å². The number of aromatic nitrogens is 2. The first-order valence-corrected chi connectivity index (χ1v) is 10.5. The van der Waals surface area contributed by atoms with Crippen LogP contribution in [-0.4, -0.2) is 33.0 Å². The van der Waals surface area contributed by atoms with E-state index in [0.29, 0.717) is 42.9 Å². The van der Waals surface area contributed by atoms with Crippen LogP contribution < -0.4 is 16.4 Å². The maximum atomic E-state index is 12.9. The third kappa shape index (κ3) is 5.83. The van der Waals surface area contributed by atoms with E-state index in [4.69, 9.17) is 5.73 Å². The van der Waals surface area contributed by atoms with Crippen molar-refractivity contribution in [3.05, 3.63) is 83.8 Å². The van der Waals surface area contributed by atoms with Gasteiger partial charge in [0.1, 0.15) is 5.82 Å². The van der Waals surface area contributed by atoms with Crippen LogP contribution in [0, 0.1) is 0 Å². The van der Waals surface area contributed by atoms with Crippen molar-refractivity contribution < 1.29 is 14.7 Å². The molecule has 2 aromatic heterocycles. The molecule has 1 aromatic carbocycles. The molecule has 1 saturated carbocycles. The van der Waals surface area contributed by atoms with Crippen LogP contribution in [0.1, 0.15) is 40.7 Å². The first kappa shape index (κ1) is 27.0. The molecule has 2 heterocycles. The van der Waals surface area contributed by atoms with E-state index in [1.54, 1.807) is 55.0 Å². The zero-order valence-electron chi connectivity index (χ0n) is 18.3. The van der Waals surface area contributed by atoms with Gasteiger partial charge in [0.15, 0.2) is 0 Å². The summed E-state index contributed by atoms with van der Waals surface area (Å²) in [6.45, 7) is 0.509. The number of carbonyl (C=O) groups is 2. The third-order valence-corrected chi connectivity index (χ3v) is 5.92. The van der Waals surface area contributed by atoms with Crippen molar-refractivity contribution in [2.24, 2.45) is 5.73 Å². The number of amides is 2. The smallest absolute Gasteiger partial charge is 0.259 e. The molecule has 0 aliphatic heterocycles. The number of carbonyl (C=O) groups excluding carboxylic acids is 2. The Kier molecular flexibility index (Phi) is 9.37. The molecule has 1 aliphatic carbocycles. The molecule has 0 unspecified atom stereocenters. The summed E-state index contributed by atoms with van der Waals surface area (Å²) >= 11 is 0. The second kappa shape index (κ2) is 11.8. The lowest BCUT2D eigenvalue weighted by Crippen LogP contribution is -2.39. The molecule has 2 amide bonds.